The van der Waals surface area contributed by atoms with E-state index in [1.54, 1.807) is 30.3 Å². The van der Waals surface area contributed by atoms with Crippen LogP contribution in [0.1, 0.15) is 24.5 Å². The number of hydrogen-bond acceptors (Lipinski definition) is 6. The average Bonchev–Trinajstić information content (AvgIpc) is 3.09. The first-order chi connectivity index (χ1) is 13.0. The first-order valence-corrected chi connectivity index (χ1v) is 9.72. The summed E-state index contributed by atoms with van der Waals surface area (Å²) in [7, 11) is 0. The molecule has 0 bridgehead atoms. The fourth-order valence-electron chi connectivity index (χ4n) is 2.64. The predicted molar refractivity (Wildman–Crippen MR) is 105 cm³/mol. The van der Waals surface area contributed by atoms with Crippen LogP contribution in [-0.4, -0.2) is 29.7 Å². The van der Waals surface area contributed by atoms with E-state index in [0.717, 1.165) is 4.47 Å². The number of halogens is 2. The zero-order valence-electron chi connectivity index (χ0n) is 14.1. The highest BCUT2D eigenvalue weighted by Crippen LogP contribution is 2.39. The molecule has 0 saturated carbocycles. The Morgan fingerprint density at radius 1 is 1.22 bits per heavy atom. The van der Waals surface area contributed by atoms with Crippen LogP contribution in [0, 0.1) is 0 Å². The summed E-state index contributed by atoms with van der Waals surface area (Å²) in [6.07, 6.45) is -0.667. The predicted octanol–water partition coefficient (Wildman–Crippen LogP) is 4.71. The van der Waals surface area contributed by atoms with Crippen molar-refractivity contribution in [3.05, 3.63) is 44.8 Å². The SMILES string of the molecule is O=C(Nc1ccc2c(c1)OCO2)O[C@H](CCCO)c1cc(Br)cc(Br)c1O. The van der Waals surface area contributed by atoms with Gasteiger partial charge in [0.05, 0.1) is 4.47 Å². The number of phenols is 1. The summed E-state index contributed by atoms with van der Waals surface area (Å²) in [5.74, 6) is 1.13. The van der Waals surface area contributed by atoms with Gasteiger partial charge in [0.2, 0.25) is 6.79 Å². The van der Waals surface area contributed by atoms with E-state index in [4.69, 9.17) is 19.3 Å². The quantitative estimate of drug-likeness (QED) is 0.529. The summed E-state index contributed by atoms with van der Waals surface area (Å²) in [5.41, 5.74) is 0.926. The van der Waals surface area contributed by atoms with Crippen LogP contribution in [0.3, 0.4) is 0 Å². The highest BCUT2D eigenvalue weighted by atomic mass is 79.9. The van der Waals surface area contributed by atoms with Crippen molar-refractivity contribution >= 4 is 43.6 Å². The first kappa shape index (κ1) is 19.8. The van der Waals surface area contributed by atoms with Gasteiger partial charge in [-0.05, 0) is 53.0 Å². The minimum atomic E-state index is -0.736. The second-order valence-corrected chi connectivity index (χ2v) is 7.55. The number of amides is 1. The van der Waals surface area contributed by atoms with Gasteiger partial charge in [-0.2, -0.15) is 0 Å². The molecular formula is C18H17Br2NO6. The third-order valence-corrected chi connectivity index (χ3v) is 4.96. The largest absolute Gasteiger partial charge is 0.506 e. The number of aliphatic hydroxyl groups is 1. The van der Waals surface area contributed by atoms with Gasteiger partial charge in [-0.3, -0.25) is 5.32 Å². The Bertz CT molecular complexity index is 845. The van der Waals surface area contributed by atoms with Gasteiger partial charge in [-0.25, -0.2) is 4.79 Å². The maximum Gasteiger partial charge on any atom is 0.412 e. The van der Waals surface area contributed by atoms with Gasteiger partial charge in [0.15, 0.2) is 11.5 Å². The van der Waals surface area contributed by atoms with Crippen molar-refractivity contribution in [1.29, 1.82) is 0 Å². The van der Waals surface area contributed by atoms with Crippen LogP contribution in [0.25, 0.3) is 0 Å². The molecule has 9 heteroatoms. The molecule has 1 aliphatic rings. The topological polar surface area (TPSA) is 97.3 Å². The number of benzene rings is 2. The summed E-state index contributed by atoms with van der Waals surface area (Å²) >= 11 is 6.63. The molecular weight excluding hydrogens is 486 g/mol. The lowest BCUT2D eigenvalue weighted by Gasteiger charge is -2.20. The third kappa shape index (κ3) is 4.85. The van der Waals surface area contributed by atoms with E-state index in [1.165, 1.54) is 0 Å². The second-order valence-electron chi connectivity index (χ2n) is 5.78. The van der Waals surface area contributed by atoms with Crippen LogP contribution in [0.4, 0.5) is 10.5 Å². The lowest BCUT2D eigenvalue weighted by Crippen LogP contribution is -2.18. The Labute approximate surface area is 172 Å². The first-order valence-electron chi connectivity index (χ1n) is 8.14. The number of ether oxygens (including phenoxy) is 3. The van der Waals surface area contributed by atoms with E-state index in [9.17, 15) is 9.90 Å². The number of aromatic hydroxyl groups is 1. The van der Waals surface area contributed by atoms with Gasteiger partial charge < -0.3 is 24.4 Å². The molecule has 1 atom stereocenters. The zero-order chi connectivity index (χ0) is 19.4. The van der Waals surface area contributed by atoms with Gasteiger partial charge in [-0.1, -0.05) is 15.9 Å². The van der Waals surface area contributed by atoms with Gasteiger partial charge in [-0.15, -0.1) is 0 Å². The molecule has 144 valence electrons. The van der Waals surface area contributed by atoms with E-state index >= 15 is 0 Å². The van der Waals surface area contributed by atoms with Crippen LogP contribution in [0.15, 0.2) is 39.3 Å². The van der Waals surface area contributed by atoms with E-state index in [2.05, 4.69) is 37.2 Å². The van der Waals surface area contributed by atoms with Gasteiger partial charge in [0, 0.05) is 28.4 Å². The van der Waals surface area contributed by atoms with Crippen LogP contribution in [0.5, 0.6) is 17.2 Å². The van der Waals surface area contributed by atoms with Crippen LogP contribution >= 0.6 is 31.9 Å². The molecule has 0 aliphatic carbocycles. The minimum Gasteiger partial charge on any atom is -0.506 e. The fourth-order valence-corrected chi connectivity index (χ4v) is 3.90. The van der Waals surface area contributed by atoms with E-state index in [1.807, 2.05) is 0 Å². The number of carbonyl (C=O) groups excluding carboxylic acids is 1. The lowest BCUT2D eigenvalue weighted by atomic mass is 10.0. The van der Waals surface area contributed by atoms with Crippen molar-refractivity contribution < 1.29 is 29.2 Å². The number of anilines is 1. The molecule has 1 amide bonds. The molecule has 7 nitrogen and oxygen atoms in total. The monoisotopic (exact) mass is 501 g/mol. The summed E-state index contributed by atoms with van der Waals surface area (Å²) in [4.78, 5) is 12.4. The minimum absolute atomic E-state index is 0.0166. The van der Waals surface area contributed by atoms with Crippen LogP contribution < -0.4 is 14.8 Å². The number of carbonyl (C=O) groups is 1. The standard InChI is InChI=1S/C18H17Br2NO6/c19-10-6-12(17(23)13(20)7-10)14(2-1-5-22)27-18(24)21-11-3-4-15-16(8-11)26-9-25-15/h3-4,6-8,14,22-23H,1-2,5,9H2,(H,21,24)/t14-/m1/s1. The molecule has 0 spiro atoms. The Balaban J connectivity index is 1.75. The number of hydrogen-bond donors (Lipinski definition) is 3. The Kier molecular flexibility index (Phi) is 6.46. The second kappa shape index (κ2) is 8.81. The number of aliphatic hydroxyl groups excluding tert-OH is 1. The van der Waals surface area contributed by atoms with Gasteiger partial charge in [0.25, 0.3) is 0 Å². The Morgan fingerprint density at radius 3 is 2.78 bits per heavy atom. The van der Waals surface area contributed by atoms with Gasteiger partial charge >= 0.3 is 6.09 Å². The average molecular weight is 503 g/mol. The van der Waals surface area contributed by atoms with E-state index in [0.29, 0.717) is 40.1 Å². The van der Waals surface area contributed by atoms with Crippen molar-refractivity contribution in [2.75, 3.05) is 18.7 Å². The summed E-state index contributed by atoms with van der Waals surface area (Å²) in [6, 6.07) is 8.37. The van der Waals surface area contributed by atoms with Crippen LogP contribution in [0.2, 0.25) is 0 Å². The van der Waals surface area contributed by atoms with Crippen molar-refractivity contribution in [3.8, 4) is 17.2 Å². The molecule has 0 fully saturated rings. The number of rotatable bonds is 6. The molecule has 1 heterocycles. The lowest BCUT2D eigenvalue weighted by molar-refractivity contribution is 0.0979. The molecule has 0 aromatic heterocycles. The maximum atomic E-state index is 12.4. The normalized spacial score (nSPS) is 13.3. The van der Waals surface area contributed by atoms with Crippen molar-refractivity contribution in [2.24, 2.45) is 0 Å². The molecule has 1 aliphatic heterocycles. The number of phenolic OH excluding ortho intramolecular Hbond substituents is 1. The van der Waals surface area contributed by atoms with Crippen molar-refractivity contribution in [3.63, 3.8) is 0 Å². The van der Waals surface area contributed by atoms with Crippen LogP contribution in [-0.2, 0) is 4.74 Å². The molecule has 27 heavy (non-hydrogen) atoms. The van der Waals surface area contributed by atoms with Crippen molar-refractivity contribution in [2.45, 2.75) is 18.9 Å². The molecule has 0 saturated heterocycles. The highest BCUT2D eigenvalue weighted by molar-refractivity contribution is 9.11. The summed E-state index contributed by atoms with van der Waals surface area (Å²) < 4.78 is 17.2. The molecule has 2 aromatic carbocycles. The molecule has 3 N–H and O–H groups in total. The molecule has 2 aromatic rings. The zero-order valence-corrected chi connectivity index (χ0v) is 17.2. The summed E-state index contributed by atoms with van der Waals surface area (Å²) in [5, 5.41) is 22.1. The number of nitrogens with one attached hydrogen (secondary N) is 1. The maximum absolute atomic E-state index is 12.4. The third-order valence-electron chi connectivity index (χ3n) is 3.90. The highest BCUT2D eigenvalue weighted by Gasteiger charge is 2.22. The fraction of sp³-hybridized carbons (Fsp3) is 0.278. The summed E-state index contributed by atoms with van der Waals surface area (Å²) in [6.45, 7) is 0.0864. The number of fused-ring (bicyclic) bond motifs is 1. The van der Waals surface area contributed by atoms with E-state index < -0.39 is 12.2 Å². The molecule has 3 rings (SSSR count). The smallest absolute Gasteiger partial charge is 0.412 e. The Morgan fingerprint density at radius 2 is 2.00 bits per heavy atom. The Hall–Kier alpha value is -1.97. The van der Waals surface area contributed by atoms with Crippen molar-refractivity contribution in [1.82, 2.24) is 0 Å². The molecule has 0 radical (unpaired) electrons. The molecule has 0 unspecified atom stereocenters. The van der Waals surface area contributed by atoms with E-state index in [-0.39, 0.29) is 19.1 Å². The van der Waals surface area contributed by atoms with Gasteiger partial charge in [0.1, 0.15) is 11.9 Å².